The number of aryl methyl sites for hydroxylation is 1. The Kier molecular flexibility index (Phi) is 2.82. The van der Waals surface area contributed by atoms with Crippen LogP contribution in [0.25, 0.3) is 0 Å². The van der Waals surface area contributed by atoms with Crippen LogP contribution in [0.1, 0.15) is 37.9 Å². The van der Waals surface area contributed by atoms with Gasteiger partial charge in [-0.2, -0.15) is 0 Å². The van der Waals surface area contributed by atoms with E-state index in [0.29, 0.717) is 12.0 Å². The van der Waals surface area contributed by atoms with Crippen molar-refractivity contribution >= 4 is 0 Å². The summed E-state index contributed by atoms with van der Waals surface area (Å²) in [5.41, 5.74) is 0. The topological polar surface area (TPSA) is 42.7 Å². The maximum atomic E-state index is 4.19. The second kappa shape index (κ2) is 4.09. The van der Waals surface area contributed by atoms with E-state index in [1.807, 2.05) is 11.6 Å². The van der Waals surface area contributed by atoms with E-state index in [1.54, 1.807) is 6.33 Å². The molecule has 0 aromatic carbocycles. The first kappa shape index (κ1) is 9.65. The van der Waals surface area contributed by atoms with Gasteiger partial charge in [0.25, 0.3) is 0 Å². The van der Waals surface area contributed by atoms with Crippen LogP contribution in [0, 0.1) is 0 Å². The highest BCUT2D eigenvalue weighted by Gasteiger charge is 2.24. The molecule has 0 amide bonds. The first-order valence-corrected chi connectivity index (χ1v) is 5.38. The molecule has 0 aliphatic carbocycles. The average molecular weight is 194 g/mol. The predicted molar refractivity (Wildman–Crippen MR) is 55.1 cm³/mol. The average Bonchev–Trinajstić information content (AvgIpc) is 2.65. The van der Waals surface area contributed by atoms with Gasteiger partial charge in [-0.25, -0.2) is 0 Å². The van der Waals surface area contributed by atoms with Gasteiger partial charge in [-0.05, 0) is 25.8 Å². The molecule has 1 aliphatic heterocycles. The Bertz CT molecular complexity index is 294. The summed E-state index contributed by atoms with van der Waals surface area (Å²) in [6, 6.07) is 0.658. The molecule has 1 aromatic rings. The van der Waals surface area contributed by atoms with Gasteiger partial charge in [0, 0.05) is 19.0 Å². The molecule has 78 valence electrons. The molecule has 0 unspecified atom stereocenters. The van der Waals surface area contributed by atoms with Crippen molar-refractivity contribution in [3.8, 4) is 0 Å². The summed E-state index contributed by atoms with van der Waals surface area (Å²) in [5.74, 6) is 1.73. The molecule has 1 aromatic heterocycles. The van der Waals surface area contributed by atoms with Gasteiger partial charge in [0.05, 0.1) is 0 Å². The van der Waals surface area contributed by atoms with E-state index in [9.17, 15) is 0 Å². The van der Waals surface area contributed by atoms with Gasteiger partial charge in [-0.3, -0.25) is 0 Å². The molecule has 0 radical (unpaired) electrons. The van der Waals surface area contributed by atoms with Gasteiger partial charge in [-0.1, -0.05) is 6.92 Å². The minimum absolute atomic E-state index is 0.591. The molecule has 1 fully saturated rings. The van der Waals surface area contributed by atoms with Crippen LogP contribution in [-0.4, -0.2) is 27.4 Å². The van der Waals surface area contributed by atoms with Crippen molar-refractivity contribution in [3.05, 3.63) is 12.2 Å². The van der Waals surface area contributed by atoms with E-state index in [0.717, 1.165) is 12.4 Å². The maximum absolute atomic E-state index is 4.19. The van der Waals surface area contributed by atoms with Crippen molar-refractivity contribution in [1.29, 1.82) is 0 Å². The molecule has 0 spiro atoms. The highest BCUT2D eigenvalue weighted by molar-refractivity contribution is 4.99. The molecule has 1 N–H and O–H groups in total. The van der Waals surface area contributed by atoms with Crippen LogP contribution < -0.4 is 5.32 Å². The van der Waals surface area contributed by atoms with Crippen molar-refractivity contribution in [2.45, 2.75) is 38.1 Å². The summed E-state index contributed by atoms with van der Waals surface area (Å²) < 4.78 is 2.04. The first-order valence-electron chi connectivity index (χ1n) is 5.38. The molecular weight excluding hydrogens is 176 g/mol. The van der Waals surface area contributed by atoms with E-state index in [4.69, 9.17) is 0 Å². The monoisotopic (exact) mass is 194 g/mol. The van der Waals surface area contributed by atoms with Crippen molar-refractivity contribution in [2.75, 3.05) is 6.54 Å². The number of piperidine rings is 1. The van der Waals surface area contributed by atoms with Crippen molar-refractivity contribution in [2.24, 2.45) is 7.05 Å². The Balaban J connectivity index is 2.08. The zero-order chi connectivity index (χ0) is 9.97. The molecule has 4 heteroatoms. The summed E-state index contributed by atoms with van der Waals surface area (Å²) in [4.78, 5) is 0. The minimum Gasteiger partial charge on any atom is -0.320 e. The Morgan fingerprint density at radius 3 is 3.14 bits per heavy atom. The summed E-state index contributed by atoms with van der Waals surface area (Å²) in [6.45, 7) is 3.34. The van der Waals surface area contributed by atoms with Gasteiger partial charge in [-0.15, -0.1) is 10.2 Å². The van der Waals surface area contributed by atoms with Crippen LogP contribution in [0.5, 0.6) is 0 Å². The lowest BCUT2D eigenvalue weighted by atomic mass is 9.90. The zero-order valence-corrected chi connectivity index (χ0v) is 8.90. The summed E-state index contributed by atoms with van der Waals surface area (Å²) in [6.07, 6.45) is 5.37. The van der Waals surface area contributed by atoms with E-state index < -0.39 is 0 Å². The fourth-order valence-corrected chi connectivity index (χ4v) is 2.21. The maximum Gasteiger partial charge on any atom is 0.135 e. The lowest BCUT2D eigenvalue weighted by molar-refractivity contribution is 0.342. The molecule has 0 bridgehead atoms. The van der Waals surface area contributed by atoms with Crippen LogP contribution in [0.2, 0.25) is 0 Å². The Hall–Kier alpha value is -0.900. The van der Waals surface area contributed by atoms with Gasteiger partial charge >= 0.3 is 0 Å². The van der Waals surface area contributed by atoms with E-state index >= 15 is 0 Å². The SMILES string of the molecule is CC[C@@H]1C[C@H](c2nncn2C)CCN1. The molecule has 1 saturated heterocycles. The third kappa shape index (κ3) is 1.80. The predicted octanol–water partition coefficient (Wildman–Crippen LogP) is 1.06. The quantitative estimate of drug-likeness (QED) is 0.765. The van der Waals surface area contributed by atoms with Crippen molar-refractivity contribution < 1.29 is 0 Å². The molecule has 2 rings (SSSR count). The number of nitrogens with one attached hydrogen (secondary N) is 1. The van der Waals surface area contributed by atoms with Gasteiger partial charge < -0.3 is 9.88 Å². The lowest BCUT2D eigenvalue weighted by Gasteiger charge is -2.28. The fraction of sp³-hybridized carbons (Fsp3) is 0.800. The molecule has 14 heavy (non-hydrogen) atoms. The second-order valence-corrected chi connectivity index (χ2v) is 4.08. The summed E-state index contributed by atoms with van der Waals surface area (Å²) in [7, 11) is 2.03. The van der Waals surface area contributed by atoms with Crippen LogP contribution in [0.15, 0.2) is 6.33 Å². The number of nitrogens with zero attached hydrogens (tertiary/aromatic N) is 3. The van der Waals surface area contributed by atoms with E-state index in [-0.39, 0.29) is 0 Å². The van der Waals surface area contributed by atoms with Crippen LogP contribution in [0.4, 0.5) is 0 Å². The molecule has 1 aliphatic rings. The van der Waals surface area contributed by atoms with Crippen molar-refractivity contribution in [3.63, 3.8) is 0 Å². The Morgan fingerprint density at radius 2 is 2.50 bits per heavy atom. The normalized spacial score (nSPS) is 27.9. The third-order valence-corrected chi connectivity index (χ3v) is 3.10. The molecule has 2 heterocycles. The van der Waals surface area contributed by atoms with E-state index in [1.165, 1.54) is 19.3 Å². The van der Waals surface area contributed by atoms with Crippen molar-refractivity contribution in [1.82, 2.24) is 20.1 Å². The standard InChI is InChI=1S/C10H18N4/c1-3-9-6-8(4-5-11-9)10-13-12-7-14(10)2/h7-9,11H,3-6H2,1-2H3/t8-,9-/m1/s1. The summed E-state index contributed by atoms with van der Waals surface area (Å²) in [5, 5.41) is 11.7. The van der Waals surface area contributed by atoms with Gasteiger partial charge in [0.2, 0.25) is 0 Å². The molecule has 0 saturated carbocycles. The molecule has 2 atom stereocenters. The molecule has 4 nitrogen and oxygen atoms in total. The van der Waals surface area contributed by atoms with Gasteiger partial charge in [0.15, 0.2) is 0 Å². The highest BCUT2D eigenvalue weighted by atomic mass is 15.2. The number of hydrogen-bond donors (Lipinski definition) is 1. The minimum atomic E-state index is 0.591. The van der Waals surface area contributed by atoms with Crippen LogP contribution in [0.3, 0.4) is 0 Å². The number of rotatable bonds is 2. The van der Waals surface area contributed by atoms with Gasteiger partial charge in [0.1, 0.15) is 12.2 Å². The fourth-order valence-electron chi connectivity index (χ4n) is 2.21. The Labute approximate surface area is 84.7 Å². The number of aromatic nitrogens is 3. The first-order chi connectivity index (χ1) is 6.81. The highest BCUT2D eigenvalue weighted by Crippen LogP contribution is 2.26. The van der Waals surface area contributed by atoms with Crippen LogP contribution >= 0.6 is 0 Å². The lowest BCUT2D eigenvalue weighted by Crippen LogP contribution is -2.37. The molecular formula is C10H18N4. The summed E-state index contributed by atoms with van der Waals surface area (Å²) >= 11 is 0. The largest absolute Gasteiger partial charge is 0.320 e. The third-order valence-electron chi connectivity index (χ3n) is 3.10. The number of hydrogen-bond acceptors (Lipinski definition) is 3. The van der Waals surface area contributed by atoms with Crippen LogP contribution in [-0.2, 0) is 7.05 Å². The Morgan fingerprint density at radius 1 is 1.64 bits per heavy atom. The smallest absolute Gasteiger partial charge is 0.135 e. The van der Waals surface area contributed by atoms with E-state index in [2.05, 4.69) is 22.4 Å². The zero-order valence-electron chi connectivity index (χ0n) is 8.90. The second-order valence-electron chi connectivity index (χ2n) is 4.08.